The van der Waals surface area contributed by atoms with Gasteiger partial charge in [0.2, 0.25) is 11.8 Å². The summed E-state index contributed by atoms with van der Waals surface area (Å²) in [6.07, 6.45) is 0.470. The smallest absolute Gasteiger partial charge is 0.242 e. The van der Waals surface area contributed by atoms with Crippen LogP contribution in [0.25, 0.3) is 0 Å². The summed E-state index contributed by atoms with van der Waals surface area (Å²) in [5, 5.41) is 2.97. The molecule has 1 N–H and O–H groups in total. The van der Waals surface area contributed by atoms with Gasteiger partial charge in [-0.15, -0.1) is 0 Å². The fourth-order valence-electron chi connectivity index (χ4n) is 3.77. The van der Waals surface area contributed by atoms with Crippen LogP contribution in [0.4, 0.5) is 15.8 Å². The zero-order valence-corrected chi connectivity index (χ0v) is 21.8. The lowest BCUT2D eigenvalue weighted by molar-refractivity contribution is -0.128. The largest absolute Gasteiger partial charge is 0.493 e. The predicted molar refractivity (Wildman–Crippen MR) is 145 cm³/mol. The summed E-state index contributed by atoms with van der Waals surface area (Å²) in [4.78, 5) is 32.2. The first-order chi connectivity index (χ1) is 17.9. The summed E-state index contributed by atoms with van der Waals surface area (Å²) in [6, 6.07) is 18.2. The summed E-state index contributed by atoms with van der Waals surface area (Å²) in [5.74, 6) is 0.277. The van der Waals surface area contributed by atoms with E-state index in [1.165, 1.54) is 36.0 Å². The molecule has 0 spiro atoms. The van der Waals surface area contributed by atoms with Gasteiger partial charge in [-0.1, -0.05) is 41.6 Å². The number of carbonyl (C=O) groups excluding carboxylic acids is 2. The van der Waals surface area contributed by atoms with Gasteiger partial charge in [0.25, 0.3) is 0 Å². The minimum atomic E-state index is -0.660. The zero-order chi connectivity index (χ0) is 26.4. The van der Waals surface area contributed by atoms with Crippen molar-refractivity contribution in [2.45, 2.75) is 18.1 Å². The van der Waals surface area contributed by atoms with Crippen LogP contribution in [0.1, 0.15) is 12.0 Å². The molecule has 0 aliphatic carbocycles. The van der Waals surface area contributed by atoms with Gasteiger partial charge in [0.05, 0.1) is 30.6 Å². The van der Waals surface area contributed by atoms with Gasteiger partial charge < -0.3 is 14.8 Å². The second kappa shape index (κ2) is 12.1. The number of amides is 2. The molecule has 4 rings (SSSR count). The Balaban J connectivity index is 1.52. The van der Waals surface area contributed by atoms with Crippen LogP contribution in [0, 0.1) is 5.82 Å². The molecule has 2 amide bonds. The molecule has 3 aromatic carbocycles. The van der Waals surface area contributed by atoms with Crippen LogP contribution in [0.15, 0.2) is 71.7 Å². The van der Waals surface area contributed by atoms with Crippen molar-refractivity contribution in [2.24, 2.45) is 4.99 Å². The molecular formula is C27H25ClFN3O4S. The Morgan fingerprint density at radius 1 is 1.08 bits per heavy atom. The third-order valence-electron chi connectivity index (χ3n) is 5.66. The minimum Gasteiger partial charge on any atom is -0.493 e. The lowest BCUT2D eigenvalue weighted by Crippen LogP contribution is -2.35. The first kappa shape index (κ1) is 26.5. The third kappa shape index (κ3) is 6.61. The number of nitrogens with one attached hydrogen (secondary N) is 1. The topological polar surface area (TPSA) is 80.2 Å². The summed E-state index contributed by atoms with van der Waals surface area (Å²) >= 11 is 7.36. The number of carbonyl (C=O) groups is 2. The van der Waals surface area contributed by atoms with Gasteiger partial charge in [-0.25, -0.2) is 9.38 Å². The number of rotatable bonds is 9. The van der Waals surface area contributed by atoms with Crippen molar-refractivity contribution >= 4 is 51.7 Å². The van der Waals surface area contributed by atoms with Crippen molar-refractivity contribution in [1.82, 2.24) is 4.90 Å². The van der Waals surface area contributed by atoms with Gasteiger partial charge in [0, 0.05) is 13.0 Å². The molecule has 1 heterocycles. The number of para-hydroxylation sites is 1. The van der Waals surface area contributed by atoms with Crippen molar-refractivity contribution in [3.63, 3.8) is 0 Å². The molecule has 1 atom stereocenters. The number of anilines is 1. The van der Waals surface area contributed by atoms with E-state index in [1.807, 2.05) is 18.2 Å². The van der Waals surface area contributed by atoms with E-state index >= 15 is 0 Å². The predicted octanol–water partition coefficient (Wildman–Crippen LogP) is 5.70. The van der Waals surface area contributed by atoms with E-state index in [0.717, 1.165) is 5.56 Å². The summed E-state index contributed by atoms with van der Waals surface area (Å²) in [6.45, 7) is 0.337. The quantitative estimate of drug-likeness (QED) is 0.376. The molecular weight excluding hydrogens is 517 g/mol. The van der Waals surface area contributed by atoms with Gasteiger partial charge in [-0.2, -0.15) is 0 Å². The van der Waals surface area contributed by atoms with E-state index in [2.05, 4.69) is 10.3 Å². The number of aliphatic imine (C=N–C) groups is 1. The average molecular weight is 542 g/mol. The Bertz CT molecular complexity index is 1320. The van der Waals surface area contributed by atoms with Crippen LogP contribution < -0.4 is 14.8 Å². The van der Waals surface area contributed by atoms with Crippen LogP contribution in [-0.4, -0.2) is 47.9 Å². The number of thioether (sulfide) groups is 1. The van der Waals surface area contributed by atoms with E-state index in [4.69, 9.17) is 21.1 Å². The Labute approximate surface area is 223 Å². The third-order valence-corrected chi connectivity index (χ3v) is 7.17. The second-order valence-corrected chi connectivity index (χ2v) is 9.72. The number of nitrogens with zero attached hydrogens (tertiary/aromatic N) is 2. The standard InChI is InChI=1S/C27H25ClFN3O4S/c1-35-22-12-7-17(15-23(22)36-2)13-14-32-26(34)24(16-25(33)31-21-6-4-3-5-20(21)28)37-27(32)30-19-10-8-18(29)9-11-19/h3-12,15,24H,13-14,16H2,1-2H3,(H,31,33)/t24-/m1/s1. The van der Waals surface area contributed by atoms with Gasteiger partial charge in [-0.3, -0.25) is 14.5 Å². The first-order valence-corrected chi connectivity index (χ1v) is 12.7. The van der Waals surface area contributed by atoms with Crippen LogP contribution in [0.5, 0.6) is 11.5 Å². The average Bonchev–Trinajstić information content (AvgIpc) is 3.18. The summed E-state index contributed by atoms with van der Waals surface area (Å²) in [5.41, 5.74) is 1.93. The monoisotopic (exact) mass is 541 g/mol. The fraction of sp³-hybridized carbons (Fsp3) is 0.222. The van der Waals surface area contributed by atoms with Crippen molar-refractivity contribution in [3.8, 4) is 11.5 Å². The normalized spacial score (nSPS) is 16.2. The van der Waals surface area contributed by atoms with Crippen LogP contribution in [0.2, 0.25) is 5.02 Å². The molecule has 0 bridgehead atoms. The lowest BCUT2D eigenvalue weighted by atomic mass is 10.1. The van der Waals surface area contributed by atoms with Crippen LogP contribution >= 0.6 is 23.4 Å². The number of hydrogen-bond acceptors (Lipinski definition) is 6. The maximum absolute atomic E-state index is 13.4. The van der Waals surface area contributed by atoms with Gasteiger partial charge in [-0.05, 0) is 60.5 Å². The number of halogens is 2. The molecule has 37 heavy (non-hydrogen) atoms. The Kier molecular flexibility index (Phi) is 8.68. The van der Waals surface area contributed by atoms with Crippen molar-refractivity contribution in [2.75, 3.05) is 26.1 Å². The molecule has 1 aliphatic heterocycles. The molecule has 1 fully saturated rings. The van der Waals surface area contributed by atoms with E-state index in [9.17, 15) is 14.0 Å². The molecule has 0 unspecified atom stereocenters. The Morgan fingerprint density at radius 2 is 1.81 bits per heavy atom. The lowest BCUT2D eigenvalue weighted by Gasteiger charge is -2.17. The van der Waals surface area contributed by atoms with E-state index < -0.39 is 5.25 Å². The Morgan fingerprint density at radius 3 is 2.51 bits per heavy atom. The molecule has 0 aromatic heterocycles. The highest BCUT2D eigenvalue weighted by molar-refractivity contribution is 8.15. The highest BCUT2D eigenvalue weighted by Gasteiger charge is 2.39. The molecule has 0 radical (unpaired) electrons. The maximum Gasteiger partial charge on any atom is 0.242 e. The molecule has 192 valence electrons. The maximum atomic E-state index is 13.4. The van der Waals surface area contributed by atoms with Crippen molar-refractivity contribution < 1.29 is 23.5 Å². The second-order valence-electron chi connectivity index (χ2n) is 8.14. The van der Waals surface area contributed by atoms with Crippen molar-refractivity contribution in [1.29, 1.82) is 0 Å². The fourth-order valence-corrected chi connectivity index (χ4v) is 5.13. The highest BCUT2D eigenvalue weighted by atomic mass is 35.5. The number of ether oxygens (including phenoxy) is 2. The van der Waals surface area contributed by atoms with E-state index in [-0.39, 0.29) is 24.1 Å². The minimum absolute atomic E-state index is 0.0516. The number of benzene rings is 3. The SMILES string of the molecule is COc1ccc(CCN2C(=O)[C@@H](CC(=O)Nc3ccccc3Cl)SC2=Nc2ccc(F)cc2)cc1OC. The van der Waals surface area contributed by atoms with Crippen LogP contribution in [-0.2, 0) is 16.0 Å². The summed E-state index contributed by atoms with van der Waals surface area (Å²) in [7, 11) is 3.13. The number of hydrogen-bond donors (Lipinski definition) is 1. The van der Waals surface area contributed by atoms with E-state index in [1.54, 1.807) is 43.4 Å². The number of amidine groups is 1. The number of methoxy groups -OCH3 is 2. The molecule has 1 saturated heterocycles. The van der Waals surface area contributed by atoms with Crippen LogP contribution in [0.3, 0.4) is 0 Å². The zero-order valence-electron chi connectivity index (χ0n) is 20.2. The van der Waals surface area contributed by atoms with Gasteiger partial charge >= 0.3 is 0 Å². The van der Waals surface area contributed by atoms with Crippen molar-refractivity contribution in [3.05, 3.63) is 83.1 Å². The molecule has 3 aromatic rings. The summed E-state index contributed by atoms with van der Waals surface area (Å²) < 4.78 is 24.1. The van der Waals surface area contributed by atoms with Gasteiger partial charge in [0.15, 0.2) is 16.7 Å². The molecule has 10 heteroatoms. The molecule has 1 aliphatic rings. The molecule has 7 nitrogen and oxygen atoms in total. The Hall–Kier alpha value is -3.56. The highest BCUT2D eigenvalue weighted by Crippen LogP contribution is 2.33. The first-order valence-electron chi connectivity index (χ1n) is 11.5. The van der Waals surface area contributed by atoms with E-state index in [0.29, 0.717) is 46.0 Å². The van der Waals surface area contributed by atoms with Gasteiger partial charge in [0.1, 0.15) is 11.1 Å². The molecule has 0 saturated carbocycles.